The van der Waals surface area contributed by atoms with Gasteiger partial charge in [-0.1, -0.05) is 72.8 Å². The third kappa shape index (κ3) is 3.94. The lowest BCUT2D eigenvalue weighted by Crippen LogP contribution is -2.36. The molecule has 0 saturated heterocycles. The number of carbonyl (C=O) groups excluding carboxylic acids is 1. The number of benzene rings is 3. The summed E-state index contributed by atoms with van der Waals surface area (Å²) in [7, 11) is 0. The zero-order valence-corrected chi connectivity index (χ0v) is 19.7. The first-order valence-corrected chi connectivity index (χ1v) is 12.9. The van der Waals surface area contributed by atoms with E-state index in [-0.39, 0.29) is 11.5 Å². The molecule has 6 rings (SSSR count). The van der Waals surface area contributed by atoms with Crippen LogP contribution in [-0.2, 0) is 17.8 Å². The average molecular weight is 467 g/mol. The summed E-state index contributed by atoms with van der Waals surface area (Å²) in [4.78, 5) is 26.4. The Morgan fingerprint density at radius 1 is 0.941 bits per heavy atom. The second kappa shape index (κ2) is 8.80. The van der Waals surface area contributed by atoms with E-state index < -0.39 is 6.04 Å². The van der Waals surface area contributed by atoms with Crippen molar-refractivity contribution in [3.05, 3.63) is 111 Å². The molecule has 2 aliphatic rings. The van der Waals surface area contributed by atoms with Crippen molar-refractivity contribution in [1.82, 2.24) is 9.88 Å². The van der Waals surface area contributed by atoms with Gasteiger partial charge in [-0.25, -0.2) is 0 Å². The highest BCUT2D eigenvalue weighted by Gasteiger charge is 2.37. The molecule has 1 amide bonds. The van der Waals surface area contributed by atoms with Crippen LogP contribution >= 0.6 is 11.8 Å². The number of pyridine rings is 1. The van der Waals surface area contributed by atoms with Crippen LogP contribution in [0.2, 0.25) is 0 Å². The molecule has 1 aliphatic carbocycles. The second-order valence-corrected chi connectivity index (χ2v) is 10.2. The highest BCUT2D eigenvalue weighted by atomic mass is 32.2. The fourth-order valence-electron chi connectivity index (χ4n) is 5.04. The van der Waals surface area contributed by atoms with Gasteiger partial charge in [-0.2, -0.15) is 0 Å². The Labute approximate surface area is 203 Å². The van der Waals surface area contributed by atoms with Crippen molar-refractivity contribution in [2.45, 2.75) is 42.8 Å². The third-order valence-electron chi connectivity index (χ3n) is 6.88. The number of rotatable bonds is 6. The van der Waals surface area contributed by atoms with Gasteiger partial charge >= 0.3 is 0 Å². The zero-order chi connectivity index (χ0) is 23.1. The topological polar surface area (TPSA) is 51.1 Å². The molecule has 1 fully saturated rings. The van der Waals surface area contributed by atoms with Gasteiger partial charge in [0.25, 0.3) is 5.56 Å². The predicted octanol–water partition coefficient (Wildman–Crippen LogP) is 5.43. The Morgan fingerprint density at radius 2 is 1.71 bits per heavy atom. The molecule has 0 bridgehead atoms. The lowest BCUT2D eigenvalue weighted by atomic mass is 9.95. The zero-order valence-electron chi connectivity index (χ0n) is 18.9. The van der Waals surface area contributed by atoms with Crippen LogP contribution < -0.4 is 10.9 Å². The third-order valence-corrected chi connectivity index (χ3v) is 8.05. The minimum absolute atomic E-state index is 0.0699. The number of hydrogen-bond acceptors (Lipinski definition) is 3. The van der Waals surface area contributed by atoms with Gasteiger partial charge in [-0.3, -0.25) is 14.2 Å². The summed E-state index contributed by atoms with van der Waals surface area (Å²) in [5.74, 6) is 1.01. The molecular formula is C29H26N2O2S. The number of nitrogens with zero attached hydrogens (tertiary/aromatic N) is 1. The molecule has 4 nitrogen and oxygen atoms in total. The number of thioether (sulfide) groups is 1. The van der Waals surface area contributed by atoms with E-state index in [1.807, 2.05) is 30.3 Å². The number of hydrogen-bond donors (Lipinski definition) is 1. The number of amides is 1. The SMILES string of the molecule is O=C(NCc1ccccc1)C1CSc2c(C3CC3)c(Cc3cccc4ccccc34)cc(=O)n21. The fourth-order valence-corrected chi connectivity index (χ4v) is 6.47. The molecule has 0 radical (unpaired) electrons. The van der Waals surface area contributed by atoms with Gasteiger partial charge in [0.1, 0.15) is 6.04 Å². The molecule has 2 heterocycles. The highest BCUT2D eigenvalue weighted by molar-refractivity contribution is 7.99. The molecule has 4 aromatic rings. The summed E-state index contributed by atoms with van der Waals surface area (Å²) in [5.41, 5.74) is 4.63. The Hall–Kier alpha value is -3.31. The van der Waals surface area contributed by atoms with E-state index in [9.17, 15) is 9.59 Å². The number of carbonyl (C=O) groups is 1. The highest BCUT2D eigenvalue weighted by Crippen LogP contribution is 2.48. The standard InChI is InChI=1S/C29H26N2O2S/c32-26-16-23(15-22-11-6-10-20-9-4-5-12-24(20)22)27(21-13-14-21)29-31(26)25(18-34-29)28(33)30-17-19-7-2-1-3-8-19/h1-12,16,21,25H,13-15,17-18H2,(H,30,33). The summed E-state index contributed by atoms with van der Waals surface area (Å²) < 4.78 is 1.76. The first-order valence-electron chi connectivity index (χ1n) is 11.9. The molecule has 5 heteroatoms. The van der Waals surface area contributed by atoms with Crippen molar-refractivity contribution in [3.8, 4) is 0 Å². The summed E-state index contributed by atoms with van der Waals surface area (Å²) >= 11 is 1.67. The van der Waals surface area contributed by atoms with Gasteiger partial charge in [-0.05, 0) is 58.2 Å². The summed E-state index contributed by atoms with van der Waals surface area (Å²) in [6, 6.07) is 26.0. The minimum atomic E-state index is -0.458. The Morgan fingerprint density at radius 3 is 2.53 bits per heavy atom. The Bertz CT molecular complexity index is 1430. The molecule has 1 saturated carbocycles. The van der Waals surface area contributed by atoms with Crippen molar-refractivity contribution in [1.29, 1.82) is 0 Å². The molecule has 3 aromatic carbocycles. The monoisotopic (exact) mass is 466 g/mol. The number of aromatic nitrogens is 1. The molecule has 1 aliphatic heterocycles. The van der Waals surface area contributed by atoms with Gasteiger partial charge in [0.2, 0.25) is 5.91 Å². The maximum atomic E-state index is 13.3. The quantitative estimate of drug-likeness (QED) is 0.412. The van der Waals surface area contributed by atoms with E-state index in [0.717, 1.165) is 35.4 Å². The lowest BCUT2D eigenvalue weighted by Gasteiger charge is -2.18. The van der Waals surface area contributed by atoms with Gasteiger partial charge in [0.15, 0.2) is 0 Å². The van der Waals surface area contributed by atoms with Crippen LogP contribution in [0.3, 0.4) is 0 Å². The number of nitrogens with one attached hydrogen (secondary N) is 1. The van der Waals surface area contributed by atoms with Crippen LogP contribution in [0.25, 0.3) is 10.8 Å². The van der Waals surface area contributed by atoms with E-state index in [0.29, 0.717) is 18.2 Å². The fraction of sp³-hybridized carbons (Fsp3) is 0.241. The van der Waals surface area contributed by atoms with Crippen molar-refractivity contribution < 1.29 is 4.79 Å². The van der Waals surface area contributed by atoms with Gasteiger partial charge in [-0.15, -0.1) is 11.8 Å². The average Bonchev–Trinajstić information content (AvgIpc) is 3.60. The van der Waals surface area contributed by atoms with Crippen molar-refractivity contribution in [3.63, 3.8) is 0 Å². The predicted molar refractivity (Wildman–Crippen MR) is 137 cm³/mol. The van der Waals surface area contributed by atoms with Crippen molar-refractivity contribution in [2.75, 3.05) is 5.75 Å². The molecule has 1 unspecified atom stereocenters. The van der Waals surface area contributed by atoms with Crippen LogP contribution in [0.4, 0.5) is 0 Å². The second-order valence-electron chi connectivity index (χ2n) is 9.22. The van der Waals surface area contributed by atoms with Crippen molar-refractivity contribution >= 4 is 28.4 Å². The summed E-state index contributed by atoms with van der Waals surface area (Å²) in [5, 5.41) is 6.49. The first kappa shape index (κ1) is 21.2. The molecule has 170 valence electrons. The van der Waals surface area contributed by atoms with Crippen molar-refractivity contribution in [2.24, 2.45) is 0 Å². The van der Waals surface area contributed by atoms with Crippen LogP contribution in [0.15, 0.2) is 88.7 Å². The number of fused-ring (bicyclic) bond motifs is 2. The normalized spacial score (nSPS) is 17.0. The molecule has 1 N–H and O–H groups in total. The van der Waals surface area contributed by atoms with E-state index in [4.69, 9.17) is 0 Å². The van der Waals surface area contributed by atoms with Crippen LogP contribution in [0.1, 0.15) is 47.1 Å². The largest absolute Gasteiger partial charge is 0.350 e. The summed E-state index contributed by atoms with van der Waals surface area (Å²) in [6.07, 6.45) is 3.04. The molecule has 1 atom stereocenters. The van der Waals surface area contributed by atoms with Gasteiger partial charge in [0, 0.05) is 18.4 Å². The maximum absolute atomic E-state index is 13.3. The van der Waals surface area contributed by atoms with E-state index in [2.05, 4.69) is 47.8 Å². The van der Waals surface area contributed by atoms with Gasteiger partial charge < -0.3 is 5.32 Å². The molecule has 0 spiro atoms. The van der Waals surface area contributed by atoms with Crippen LogP contribution in [0.5, 0.6) is 0 Å². The Balaban J connectivity index is 1.33. The Kier molecular flexibility index (Phi) is 5.50. The molecule has 1 aromatic heterocycles. The van der Waals surface area contributed by atoms with Crippen LogP contribution in [0, 0.1) is 0 Å². The minimum Gasteiger partial charge on any atom is -0.350 e. The van der Waals surface area contributed by atoms with E-state index in [1.165, 1.54) is 21.9 Å². The first-order chi connectivity index (χ1) is 16.7. The maximum Gasteiger partial charge on any atom is 0.252 e. The smallest absolute Gasteiger partial charge is 0.252 e. The molecule has 34 heavy (non-hydrogen) atoms. The van der Waals surface area contributed by atoms with E-state index in [1.54, 1.807) is 22.4 Å². The van der Waals surface area contributed by atoms with Crippen LogP contribution in [-0.4, -0.2) is 16.2 Å². The molecular weight excluding hydrogens is 440 g/mol. The lowest BCUT2D eigenvalue weighted by molar-refractivity contribution is -0.124. The van der Waals surface area contributed by atoms with E-state index >= 15 is 0 Å². The van der Waals surface area contributed by atoms with Gasteiger partial charge in [0.05, 0.1) is 5.03 Å². The summed E-state index contributed by atoms with van der Waals surface area (Å²) in [6.45, 7) is 0.472.